The van der Waals surface area contributed by atoms with Gasteiger partial charge in [-0.05, 0) is 25.5 Å². The zero-order valence-corrected chi connectivity index (χ0v) is 9.64. The van der Waals surface area contributed by atoms with Gasteiger partial charge in [-0.2, -0.15) is 0 Å². The summed E-state index contributed by atoms with van der Waals surface area (Å²) in [5.41, 5.74) is 1.40. The molecule has 0 radical (unpaired) electrons. The predicted molar refractivity (Wildman–Crippen MR) is 62.9 cm³/mol. The van der Waals surface area contributed by atoms with E-state index in [1.165, 1.54) is 6.07 Å². The normalized spacial score (nSPS) is 9.94. The van der Waals surface area contributed by atoms with Crippen molar-refractivity contribution in [1.29, 1.82) is 0 Å². The fourth-order valence-electron chi connectivity index (χ4n) is 1.40. The molecule has 0 spiro atoms. The zero-order valence-electron chi connectivity index (χ0n) is 9.64. The van der Waals surface area contributed by atoms with Crippen LogP contribution in [0.5, 0.6) is 0 Å². The molecule has 0 unspecified atom stereocenters. The second-order valence-corrected chi connectivity index (χ2v) is 3.62. The molecule has 0 aromatic heterocycles. The number of anilines is 1. The summed E-state index contributed by atoms with van der Waals surface area (Å²) >= 11 is 0. The van der Waals surface area contributed by atoms with Crippen LogP contribution >= 0.6 is 0 Å². The van der Waals surface area contributed by atoms with Crippen LogP contribution in [-0.4, -0.2) is 19.5 Å². The molecule has 0 fully saturated rings. The van der Waals surface area contributed by atoms with Crippen molar-refractivity contribution in [2.75, 3.05) is 18.9 Å². The molecule has 1 aromatic rings. The van der Waals surface area contributed by atoms with Gasteiger partial charge in [0.15, 0.2) is 0 Å². The molecule has 1 rings (SSSR count). The molecular weight excluding hydrogens is 207 g/mol. The monoisotopic (exact) mass is 224 g/mol. The molecule has 0 aliphatic carbocycles. The van der Waals surface area contributed by atoms with Gasteiger partial charge in [-0.1, -0.05) is 6.07 Å². The third kappa shape index (κ3) is 3.53. The largest absolute Gasteiger partial charge is 0.385 e. The van der Waals surface area contributed by atoms with Gasteiger partial charge in [0.25, 0.3) is 0 Å². The molecular formula is C12H17FN2O. The van der Waals surface area contributed by atoms with Gasteiger partial charge in [0.05, 0.1) is 0 Å². The molecule has 4 heteroatoms. The summed E-state index contributed by atoms with van der Waals surface area (Å²) < 4.78 is 13.2. The lowest BCUT2D eigenvalue weighted by Gasteiger charge is -2.09. The number of carbonyl (C=O) groups is 1. The predicted octanol–water partition coefficient (Wildman–Crippen LogP) is 2.07. The standard InChI is InChI=1S/C12H17FN2O/c1-9-10(13)5-3-6-11(9)15-8-4-7-12(16)14-2/h3,5-6,15H,4,7-8H2,1-2H3,(H,14,16). The van der Waals surface area contributed by atoms with Gasteiger partial charge < -0.3 is 10.6 Å². The highest BCUT2D eigenvalue weighted by Gasteiger charge is 2.02. The maximum absolute atomic E-state index is 13.2. The van der Waals surface area contributed by atoms with Gasteiger partial charge in [-0.25, -0.2) is 4.39 Å². The quantitative estimate of drug-likeness (QED) is 0.752. The molecule has 16 heavy (non-hydrogen) atoms. The lowest BCUT2D eigenvalue weighted by Crippen LogP contribution is -2.18. The first-order valence-electron chi connectivity index (χ1n) is 5.34. The van der Waals surface area contributed by atoms with Gasteiger partial charge in [-0.3, -0.25) is 4.79 Å². The first-order valence-corrected chi connectivity index (χ1v) is 5.34. The van der Waals surface area contributed by atoms with E-state index in [9.17, 15) is 9.18 Å². The minimum Gasteiger partial charge on any atom is -0.385 e. The van der Waals surface area contributed by atoms with Gasteiger partial charge in [-0.15, -0.1) is 0 Å². The number of carbonyl (C=O) groups excluding carboxylic acids is 1. The van der Waals surface area contributed by atoms with Crippen molar-refractivity contribution in [2.45, 2.75) is 19.8 Å². The number of hydrogen-bond donors (Lipinski definition) is 2. The second kappa shape index (κ2) is 6.10. The van der Waals surface area contributed by atoms with Crippen molar-refractivity contribution in [3.63, 3.8) is 0 Å². The lowest BCUT2D eigenvalue weighted by atomic mass is 10.2. The van der Waals surface area contributed by atoms with Crippen LogP contribution in [0.1, 0.15) is 18.4 Å². The Morgan fingerprint density at radius 2 is 2.19 bits per heavy atom. The van der Waals surface area contributed by atoms with Crippen LogP contribution < -0.4 is 10.6 Å². The van der Waals surface area contributed by atoms with E-state index in [4.69, 9.17) is 0 Å². The minimum absolute atomic E-state index is 0.0257. The summed E-state index contributed by atoms with van der Waals surface area (Å²) in [5, 5.41) is 5.67. The number of hydrogen-bond acceptors (Lipinski definition) is 2. The Bertz CT molecular complexity index is 366. The smallest absolute Gasteiger partial charge is 0.219 e. The lowest BCUT2D eigenvalue weighted by molar-refractivity contribution is -0.120. The van der Waals surface area contributed by atoms with E-state index in [-0.39, 0.29) is 11.7 Å². The Morgan fingerprint density at radius 1 is 1.44 bits per heavy atom. The highest BCUT2D eigenvalue weighted by atomic mass is 19.1. The number of rotatable bonds is 5. The highest BCUT2D eigenvalue weighted by Crippen LogP contribution is 2.17. The van der Waals surface area contributed by atoms with Crippen molar-refractivity contribution in [2.24, 2.45) is 0 Å². The van der Waals surface area contributed by atoms with Gasteiger partial charge >= 0.3 is 0 Å². The molecule has 0 atom stereocenters. The van der Waals surface area contributed by atoms with E-state index in [0.29, 0.717) is 18.5 Å². The second-order valence-electron chi connectivity index (χ2n) is 3.62. The zero-order chi connectivity index (χ0) is 12.0. The molecule has 0 bridgehead atoms. The molecule has 0 aliphatic rings. The van der Waals surface area contributed by atoms with Crippen molar-refractivity contribution < 1.29 is 9.18 Å². The average Bonchev–Trinajstić information content (AvgIpc) is 2.29. The Balaban J connectivity index is 2.38. The Morgan fingerprint density at radius 3 is 2.88 bits per heavy atom. The first kappa shape index (κ1) is 12.5. The van der Waals surface area contributed by atoms with E-state index in [1.807, 2.05) is 6.07 Å². The Kier molecular flexibility index (Phi) is 4.76. The molecule has 1 aromatic carbocycles. The summed E-state index contributed by atoms with van der Waals surface area (Å²) in [6, 6.07) is 4.94. The maximum Gasteiger partial charge on any atom is 0.219 e. The van der Waals surface area contributed by atoms with Crippen LogP contribution in [0.3, 0.4) is 0 Å². The first-order chi connectivity index (χ1) is 7.65. The van der Waals surface area contributed by atoms with Crippen molar-refractivity contribution >= 4 is 11.6 Å². The molecule has 0 saturated heterocycles. The molecule has 2 N–H and O–H groups in total. The van der Waals surface area contributed by atoms with Gasteiger partial charge in [0.1, 0.15) is 5.82 Å². The Hall–Kier alpha value is -1.58. The minimum atomic E-state index is -0.212. The number of benzene rings is 1. The fourth-order valence-corrected chi connectivity index (χ4v) is 1.40. The number of amides is 1. The van der Waals surface area contributed by atoms with Crippen LogP contribution in [0.15, 0.2) is 18.2 Å². The molecule has 0 aliphatic heterocycles. The van der Waals surface area contributed by atoms with Crippen molar-refractivity contribution in [3.05, 3.63) is 29.6 Å². The van der Waals surface area contributed by atoms with E-state index in [2.05, 4.69) is 10.6 Å². The van der Waals surface area contributed by atoms with E-state index in [0.717, 1.165) is 12.1 Å². The average molecular weight is 224 g/mol. The highest BCUT2D eigenvalue weighted by molar-refractivity contribution is 5.75. The van der Waals surface area contributed by atoms with Crippen LogP contribution in [0.4, 0.5) is 10.1 Å². The van der Waals surface area contributed by atoms with E-state index < -0.39 is 0 Å². The summed E-state index contributed by atoms with van der Waals surface area (Å²) in [7, 11) is 1.62. The molecule has 1 amide bonds. The van der Waals surface area contributed by atoms with Gasteiger partial charge in [0, 0.05) is 31.3 Å². The SMILES string of the molecule is CNC(=O)CCCNc1cccc(F)c1C. The third-order valence-corrected chi connectivity index (χ3v) is 2.44. The van der Waals surface area contributed by atoms with E-state index >= 15 is 0 Å². The van der Waals surface area contributed by atoms with Crippen LogP contribution in [0, 0.1) is 12.7 Å². The fraction of sp³-hybridized carbons (Fsp3) is 0.417. The van der Waals surface area contributed by atoms with Crippen LogP contribution in [-0.2, 0) is 4.79 Å². The molecule has 0 saturated carbocycles. The number of halogens is 1. The summed E-state index contributed by atoms with van der Waals surface area (Å²) in [6.45, 7) is 2.40. The molecule has 0 heterocycles. The maximum atomic E-state index is 13.2. The van der Waals surface area contributed by atoms with Gasteiger partial charge in [0.2, 0.25) is 5.91 Å². The summed E-state index contributed by atoms with van der Waals surface area (Å²) in [5.74, 6) is -0.186. The summed E-state index contributed by atoms with van der Waals surface area (Å²) in [6.07, 6.45) is 1.22. The van der Waals surface area contributed by atoms with Crippen LogP contribution in [0.25, 0.3) is 0 Å². The molecule has 88 valence electrons. The third-order valence-electron chi connectivity index (χ3n) is 2.44. The molecule has 3 nitrogen and oxygen atoms in total. The summed E-state index contributed by atoms with van der Waals surface area (Å²) in [4.78, 5) is 10.9. The van der Waals surface area contributed by atoms with Crippen molar-refractivity contribution in [3.8, 4) is 0 Å². The van der Waals surface area contributed by atoms with Crippen molar-refractivity contribution in [1.82, 2.24) is 5.32 Å². The Labute approximate surface area is 95.0 Å². The topological polar surface area (TPSA) is 41.1 Å². The number of nitrogens with one attached hydrogen (secondary N) is 2. The van der Waals surface area contributed by atoms with E-state index in [1.54, 1.807) is 20.0 Å². The van der Waals surface area contributed by atoms with Crippen LogP contribution in [0.2, 0.25) is 0 Å².